The molecule has 1 N–H and O–H groups in total. The van der Waals surface area contributed by atoms with Gasteiger partial charge in [-0.15, -0.1) is 0 Å². The monoisotopic (exact) mass is 527 g/mol. The van der Waals surface area contributed by atoms with Crippen LogP contribution in [0.15, 0.2) is 45.8 Å². The van der Waals surface area contributed by atoms with Gasteiger partial charge in [-0.2, -0.15) is 4.31 Å². The van der Waals surface area contributed by atoms with Crippen LogP contribution in [-0.2, 0) is 14.8 Å². The highest BCUT2D eigenvalue weighted by atomic mass is 35.5. The Labute approximate surface area is 217 Å². The average molecular weight is 528 g/mol. The molecule has 0 bridgehead atoms. The Morgan fingerprint density at radius 2 is 1.94 bits per heavy atom. The van der Waals surface area contributed by atoms with Crippen LogP contribution in [0.2, 0.25) is 5.02 Å². The molecule has 0 radical (unpaired) electrons. The van der Waals surface area contributed by atoms with Gasteiger partial charge in [-0.05, 0) is 75.4 Å². The van der Waals surface area contributed by atoms with E-state index in [1.54, 1.807) is 31.2 Å². The zero-order chi connectivity index (χ0) is 26.0. The van der Waals surface area contributed by atoms with E-state index in [9.17, 15) is 13.2 Å². The predicted octanol–water partition coefficient (Wildman–Crippen LogP) is 5.77. The van der Waals surface area contributed by atoms with Crippen molar-refractivity contribution in [3.63, 3.8) is 0 Å². The number of anilines is 1. The number of carbonyl (C=O) groups excluding carboxylic acids is 1. The number of halogens is 1. The Morgan fingerprint density at radius 1 is 1.17 bits per heavy atom. The van der Waals surface area contributed by atoms with Crippen LogP contribution in [0, 0.1) is 33.6 Å². The molecule has 3 aromatic rings. The van der Waals surface area contributed by atoms with E-state index in [0.717, 1.165) is 22.3 Å². The number of benzene rings is 2. The lowest BCUT2D eigenvalue weighted by Gasteiger charge is -2.31. The summed E-state index contributed by atoms with van der Waals surface area (Å²) >= 11 is 6.17. The highest BCUT2D eigenvalue weighted by Gasteiger charge is 2.37. The molecule has 2 heterocycles. The van der Waals surface area contributed by atoms with E-state index in [1.807, 2.05) is 45.0 Å². The number of rotatable bonds is 6. The maximum atomic E-state index is 13.7. The first-order valence-corrected chi connectivity index (χ1v) is 13.7. The van der Waals surface area contributed by atoms with Crippen LogP contribution < -0.4 is 5.32 Å². The number of amides is 1. The maximum absolute atomic E-state index is 13.7. The molecule has 0 aliphatic carbocycles. The molecule has 1 aliphatic heterocycles. The minimum atomic E-state index is -3.93. The lowest BCUT2D eigenvalue weighted by Crippen LogP contribution is -2.44. The Morgan fingerprint density at radius 3 is 2.72 bits per heavy atom. The first kappa shape index (κ1) is 26.1. The Balaban J connectivity index is 1.56. The molecule has 1 aromatic heterocycles. The lowest BCUT2D eigenvalue weighted by atomic mass is 9.98. The Hall–Kier alpha value is -2.94. The van der Waals surface area contributed by atoms with Gasteiger partial charge in [0.05, 0.1) is 5.92 Å². The van der Waals surface area contributed by atoms with Gasteiger partial charge in [0.1, 0.15) is 5.69 Å². The van der Waals surface area contributed by atoms with Crippen LogP contribution in [0.4, 0.5) is 5.69 Å². The molecular weight excluding hydrogens is 498 g/mol. The Kier molecular flexibility index (Phi) is 7.68. The summed E-state index contributed by atoms with van der Waals surface area (Å²) in [6.07, 6.45) is 4.65. The van der Waals surface area contributed by atoms with E-state index >= 15 is 0 Å². The summed E-state index contributed by atoms with van der Waals surface area (Å²) in [5.41, 5.74) is 4.83. The molecule has 4 rings (SSSR count). The fourth-order valence-corrected chi connectivity index (χ4v) is 6.33. The number of aryl methyl sites for hydroxylation is 3. The van der Waals surface area contributed by atoms with Gasteiger partial charge in [0, 0.05) is 23.8 Å². The molecule has 1 unspecified atom stereocenters. The van der Waals surface area contributed by atoms with Crippen LogP contribution >= 0.6 is 11.6 Å². The Bertz CT molecular complexity index is 1430. The number of piperidine rings is 1. The van der Waals surface area contributed by atoms with Gasteiger partial charge >= 0.3 is 0 Å². The third kappa shape index (κ3) is 5.40. The molecule has 1 saturated heterocycles. The van der Waals surface area contributed by atoms with Gasteiger partial charge in [-0.25, -0.2) is 8.42 Å². The van der Waals surface area contributed by atoms with Crippen LogP contribution in [0.25, 0.3) is 12.2 Å². The number of carbonyl (C=O) groups is 1. The quantitative estimate of drug-likeness (QED) is 0.439. The van der Waals surface area contributed by atoms with E-state index in [0.29, 0.717) is 30.1 Å². The smallest absolute Gasteiger partial charge is 0.248 e. The number of aromatic nitrogens is 1. The molecule has 0 saturated carbocycles. The van der Waals surface area contributed by atoms with E-state index < -0.39 is 15.9 Å². The van der Waals surface area contributed by atoms with Crippen molar-refractivity contribution in [1.82, 2.24) is 9.46 Å². The van der Waals surface area contributed by atoms with Crippen molar-refractivity contribution < 1.29 is 17.7 Å². The second-order valence-electron chi connectivity index (χ2n) is 9.26. The molecular formula is C27H30ClN3O4S. The number of hydrogen-bond acceptors (Lipinski definition) is 5. The fourth-order valence-electron chi connectivity index (χ4n) is 4.39. The third-order valence-electron chi connectivity index (χ3n) is 6.56. The number of nitrogens with zero attached hydrogens (tertiary/aromatic N) is 2. The van der Waals surface area contributed by atoms with Crippen LogP contribution in [-0.4, -0.2) is 36.9 Å². The molecule has 1 aliphatic rings. The van der Waals surface area contributed by atoms with Crippen molar-refractivity contribution in [2.75, 3.05) is 18.4 Å². The van der Waals surface area contributed by atoms with Crippen molar-refractivity contribution in [2.45, 2.75) is 45.4 Å². The molecule has 7 nitrogen and oxygen atoms in total. The minimum Gasteiger partial charge on any atom is -0.355 e. The number of sulfonamides is 1. The molecule has 1 fully saturated rings. The van der Waals surface area contributed by atoms with Gasteiger partial charge < -0.3 is 9.84 Å². The summed E-state index contributed by atoms with van der Waals surface area (Å²) in [4.78, 5) is 13.1. The second kappa shape index (κ2) is 10.6. The summed E-state index contributed by atoms with van der Waals surface area (Å²) in [7, 11) is -3.93. The molecule has 9 heteroatoms. The van der Waals surface area contributed by atoms with Gasteiger partial charge in [0.15, 0.2) is 10.7 Å². The fraction of sp³-hybridized carbons (Fsp3) is 0.333. The van der Waals surface area contributed by atoms with E-state index in [4.69, 9.17) is 16.1 Å². The van der Waals surface area contributed by atoms with Gasteiger partial charge in [-0.3, -0.25) is 4.79 Å². The molecule has 36 heavy (non-hydrogen) atoms. The van der Waals surface area contributed by atoms with Gasteiger partial charge in [0.2, 0.25) is 15.9 Å². The van der Waals surface area contributed by atoms with E-state index in [2.05, 4.69) is 10.5 Å². The van der Waals surface area contributed by atoms with Crippen molar-refractivity contribution in [3.05, 3.63) is 75.1 Å². The second-order valence-corrected chi connectivity index (χ2v) is 11.5. The summed E-state index contributed by atoms with van der Waals surface area (Å²) in [5, 5.41) is 7.41. The third-order valence-corrected chi connectivity index (χ3v) is 8.99. The highest BCUT2D eigenvalue weighted by molar-refractivity contribution is 7.89. The van der Waals surface area contributed by atoms with Crippen molar-refractivity contribution >= 4 is 45.4 Å². The van der Waals surface area contributed by atoms with Gasteiger partial charge in [-0.1, -0.05) is 52.7 Å². The first-order valence-electron chi connectivity index (χ1n) is 11.9. The largest absolute Gasteiger partial charge is 0.355 e. The normalized spacial score (nSPS) is 17.0. The summed E-state index contributed by atoms with van der Waals surface area (Å²) in [5.74, 6) is -0.534. The molecule has 190 valence electrons. The number of nitrogens with one attached hydrogen (secondary N) is 1. The summed E-state index contributed by atoms with van der Waals surface area (Å²) in [6, 6.07) is 11.4. The zero-order valence-electron chi connectivity index (χ0n) is 20.8. The van der Waals surface area contributed by atoms with E-state index in [1.165, 1.54) is 4.31 Å². The zero-order valence-corrected chi connectivity index (χ0v) is 22.4. The summed E-state index contributed by atoms with van der Waals surface area (Å²) in [6.45, 7) is 7.85. The molecule has 1 atom stereocenters. The van der Waals surface area contributed by atoms with Crippen LogP contribution in [0.1, 0.15) is 46.5 Å². The van der Waals surface area contributed by atoms with Crippen molar-refractivity contribution in [2.24, 2.45) is 5.92 Å². The lowest BCUT2D eigenvalue weighted by molar-refractivity contribution is -0.120. The van der Waals surface area contributed by atoms with Crippen LogP contribution in [0.3, 0.4) is 0 Å². The standard InChI is InChI=1S/C27H30ClN3O4S/c1-17-10-11-18(2)21(15-17)12-13-25-26(20(4)30-35-25)36(33,34)31-14-6-7-22(16-31)27(32)29-24-9-5-8-23(28)19(24)3/h5,8-13,15,22H,6-7,14,16H2,1-4H3,(H,29,32). The molecule has 1 amide bonds. The highest BCUT2D eigenvalue weighted by Crippen LogP contribution is 2.30. The SMILES string of the molecule is Cc1ccc(C)c(C=Cc2onc(C)c2S(=O)(=O)N2CCCC(C(=O)Nc3cccc(Cl)c3C)C2)c1. The number of hydrogen-bond donors (Lipinski definition) is 1. The predicted molar refractivity (Wildman–Crippen MR) is 142 cm³/mol. The molecule has 0 spiro atoms. The topological polar surface area (TPSA) is 92.5 Å². The van der Waals surface area contributed by atoms with Crippen molar-refractivity contribution in [3.8, 4) is 0 Å². The summed E-state index contributed by atoms with van der Waals surface area (Å²) < 4.78 is 34.2. The average Bonchev–Trinajstić information content (AvgIpc) is 3.23. The van der Waals surface area contributed by atoms with Gasteiger partial charge in [0.25, 0.3) is 0 Å². The van der Waals surface area contributed by atoms with Crippen molar-refractivity contribution in [1.29, 1.82) is 0 Å². The maximum Gasteiger partial charge on any atom is 0.248 e. The minimum absolute atomic E-state index is 0.0378. The van der Waals surface area contributed by atoms with E-state index in [-0.39, 0.29) is 28.8 Å². The first-order chi connectivity index (χ1) is 17.1. The van der Waals surface area contributed by atoms with Crippen LogP contribution in [0.5, 0.6) is 0 Å². The molecule has 2 aromatic carbocycles.